The Bertz CT molecular complexity index is 1960. The molecule has 0 spiro atoms. The van der Waals surface area contributed by atoms with E-state index in [2.05, 4.69) is 48.5 Å². The molecule has 0 aromatic carbocycles. The molecule has 101 heavy (non-hydrogen) atoms. The first-order chi connectivity index (χ1) is 48.7. The van der Waals surface area contributed by atoms with Crippen molar-refractivity contribution in [2.75, 3.05) is 39.6 Å². The van der Waals surface area contributed by atoms with Crippen LogP contribution in [-0.2, 0) is 65.4 Å². The van der Waals surface area contributed by atoms with Crippen LogP contribution in [0.1, 0.15) is 427 Å². The van der Waals surface area contributed by atoms with Gasteiger partial charge in [-0.3, -0.25) is 37.3 Å². The van der Waals surface area contributed by atoms with Gasteiger partial charge in [0.25, 0.3) is 0 Å². The van der Waals surface area contributed by atoms with Crippen molar-refractivity contribution in [2.24, 2.45) is 17.8 Å². The lowest BCUT2D eigenvalue weighted by molar-refractivity contribution is -0.161. The summed E-state index contributed by atoms with van der Waals surface area (Å²) in [5.74, 6) is 0.127. The third-order valence-corrected chi connectivity index (χ3v) is 21.0. The number of carbonyl (C=O) groups is 4. The summed E-state index contributed by atoms with van der Waals surface area (Å²) in [5, 5.41) is 10.6. The zero-order chi connectivity index (χ0) is 74.4. The zero-order valence-electron chi connectivity index (χ0n) is 66.4. The maximum absolute atomic E-state index is 13.1. The first kappa shape index (κ1) is 99.1. The van der Waals surface area contributed by atoms with Gasteiger partial charge in [-0.2, -0.15) is 0 Å². The van der Waals surface area contributed by atoms with Crippen molar-refractivity contribution in [3.8, 4) is 0 Å². The monoisotopic (exact) mass is 1480 g/mol. The lowest BCUT2D eigenvalue weighted by Gasteiger charge is -2.21. The molecule has 17 nitrogen and oxygen atoms in total. The molecule has 0 saturated carbocycles. The molecule has 0 bridgehead atoms. The highest BCUT2D eigenvalue weighted by molar-refractivity contribution is 7.47. The van der Waals surface area contributed by atoms with Crippen molar-refractivity contribution in [1.29, 1.82) is 0 Å². The number of esters is 4. The summed E-state index contributed by atoms with van der Waals surface area (Å²) in [7, 11) is -9.92. The number of carbonyl (C=O) groups excluding carboxylic acids is 4. The van der Waals surface area contributed by atoms with E-state index in [4.69, 9.17) is 37.0 Å². The Hall–Kier alpha value is -1.94. The minimum Gasteiger partial charge on any atom is -0.462 e. The van der Waals surface area contributed by atoms with Crippen LogP contribution in [0.25, 0.3) is 0 Å². The van der Waals surface area contributed by atoms with Crippen LogP contribution in [-0.4, -0.2) is 96.7 Å². The van der Waals surface area contributed by atoms with Crippen LogP contribution in [0.2, 0.25) is 0 Å². The highest BCUT2D eigenvalue weighted by Crippen LogP contribution is 2.45. The maximum Gasteiger partial charge on any atom is 0.472 e. The van der Waals surface area contributed by atoms with Gasteiger partial charge in [-0.05, 0) is 43.4 Å². The average Bonchev–Trinajstić information content (AvgIpc) is 0.990. The van der Waals surface area contributed by atoms with Gasteiger partial charge < -0.3 is 33.8 Å². The Kier molecular flexibility index (Phi) is 70.9. The Morgan fingerprint density at radius 1 is 0.267 bits per heavy atom. The molecule has 0 aromatic heterocycles. The second kappa shape index (κ2) is 72.3. The van der Waals surface area contributed by atoms with E-state index in [1.807, 2.05) is 0 Å². The van der Waals surface area contributed by atoms with Gasteiger partial charge in [-0.15, -0.1) is 0 Å². The van der Waals surface area contributed by atoms with Crippen molar-refractivity contribution >= 4 is 39.5 Å². The van der Waals surface area contributed by atoms with Crippen LogP contribution < -0.4 is 0 Å². The molecule has 2 unspecified atom stereocenters. The van der Waals surface area contributed by atoms with E-state index in [-0.39, 0.29) is 25.7 Å². The molecule has 0 aromatic rings. The van der Waals surface area contributed by atoms with Crippen molar-refractivity contribution in [1.82, 2.24) is 0 Å². The van der Waals surface area contributed by atoms with Crippen LogP contribution in [0.4, 0.5) is 0 Å². The van der Waals surface area contributed by atoms with Crippen molar-refractivity contribution < 1.29 is 80.2 Å². The van der Waals surface area contributed by atoms with E-state index in [0.29, 0.717) is 31.6 Å². The van der Waals surface area contributed by atoms with Crippen LogP contribution in [0.15, 0.2) is 0 Å². The third-order valence-electron chi connectivity index (χ3n) is 19.1. The Morgan fingerprint density at radius 3 is 0.673 bits per heavy atom. The molecule has 19 heteroatoms. The number of aliphatic hydroxyl groups excluding tert-OH is 1. The second-order valence-corrected chi connectivity index (χ2v) is 33.8. The molecule has 0 radical (unpaired) electrons. The molecule has 0 fully saturated rings. The largest absolute Gasteiger partial charge is 0.472 e. The quantitative estimate of drug-likeness (QED) is 0.0222. The maximum atomic E-state index is 13.1. The first-order valence-corrected chi connectivity index (χ1v) is 45.3. The number of unbranched alkanes of at least 4 members (excludes halogenated alkanes) is 48. The fourth-order valence-electron chi connectivity index (χ4n) is 12.7. The molecular weight excluding hydrogens is 1320 g/mol. The topological polar surface area (TPSA) is 237 Å². The van der Waals surface area contributed by atoms with Gasteiger partial charge >= 0.3 is 39.5 Å². The van der Waals surface area contributed by atoms with Crippen LogP contribution in [0.5, 0.6) is 0 Å². The SMILES string of the molecule is CCCCCCCCCCCCCCCCCCCCCCCCC(=O)O[C@H](COC(=O)CCCCCCCCCCCCCCCCC(C)C)COP(=O)(O)OC[C@@H](O)COP(=O)(O)OC[C@@H](COC(=O)CCCCCCCCCC(C)C)OC(=O)CCCCCCCCCCCC(C)C. The summed E-state index contributed by atoms with van der Waals surface area (Å²) in [5.41, 5.74) is 0. The lowest BCUT2D eigenvalue weighted by atomic mass is 10.0. The van der Waals surface area contributed by atoms with E-state index < -0.39 is 97.5 Å². The van der Waals surface area contributed by atoms with Gasteiger partial charge in [-0.25, -0.2) is 9.13 Å². The summed E-state index contributed by atoms with van der Waals surface area (Å²) >= 11 is 0. The summed E-state index contributed by atoms with van der Waals surface area (Å²) in [4.78, 5) is 73.0. The predicted octanol–water partition coefficient (Wildman–Crippen LogP) is 24.5. The predicted molar refractivity (Wildman–Crippen MR) is 414 cm³/mol. The third kappa shape index (κ3) is 76.1. The number of aliphatic hydroxyl groups is 1. The van der Waals surface area contributed by atoms with Crippen LogP contribution in [0.3, 0.4) is 0 Å². The molecule has 3 N–H and O–H groups in total. The highest BCUT2D eigenvalue weighted by atomic mass is 31.2. The molecule has 0 saturated heterocycles. The van der Waals surface area contributed by atoms with Gasteiger partial charge in [0, 0.05) is 25.7 Å². The van der Waals surface area contributed by atoms with Crippen molar-refractivity contribution in [2.45, 2.75) is 446 Å². The summed E-state index contributed by atoms with van der Waals surface area (Å²) in [6.07, 6.45) is 61.4. The molecule has 5 atom stereocenters. The van der Waals surface area contributed by atoms with Gasteiger partial charge in [0.05, 0.1) is 26.4 Å². The first-order valence-electron chi connectivity index (χ1n) is 42.3. The van der Waals surface area contributed by atoms with Gasteiger partial charge in [0.2, 0.25) is 0 Å². The molecule has 0 amide bonds. The highest BCUT2D eigenvalue weighted by Gasteiger charge is 2.30. The molecule has 0 aliphatic rings. The summed E-state index contributed by atoms with van der Waals surface area (Å²) < 4.78 is 68.7. The standard InChI is InChI=1S/C82H160O17P2/c1-8-9-10-11-12-13-14-15-16-17-18-19-20-21-22-23-28-31-36-43-51-58-65-81(86)98-77(69-92-79(84)63-56-49-42-35-30-27-25-24-26-29-33-39-46-53-60-73(2)3)71-96-100(88,89)94-67-76(83)68-95-101(90,91)97-72-78(70-93-80(85)64-57-50-45-38-41-48-55-62-75(6)7)99-82(87)66-59-52-44-37-32-34-40-47-54-61-74(4)5/h73-78,83H,8-72H2,1-7H3,(H,88,89)(H,90,91)/t76-,77-,78-/m1/s1. The minimum absolute atomic E-state index is 0.105. The Labute approximate surface area is 619 Å². The Morgan fingerprint density at radius 2 is 0.455 bits per heavy atom. The molecular formula is C82H160O17P2. The number of ether oxygens (including phenoxy) is 4. The second-order valence-electron chi connectivity index (χ2n) is 30.9. The normalized spacial score (nSPS) is 14.0. The molecule has 0 aliphatic carbocycles. The number of phosphoric acid groups is 2. The molecule has 0 rings (SSSR count). The smallest absolute Gasteiger partial charge is 0.462 e. The zero-order valence-corrected chi connectivity index (χ0v) is 68.2. The molecule has 600 valence electrons. The summed E-state index contributed by atoms with van der Waals surface area (Å²) in [6, 6.07) is 0. The van der Waals surface area contributed by atoms with Crippen molar-refractivity contribution in [3.05, 3.63) is 0 Å². The van der Waals surface area contributed by atoms with Crippen LogP contribution in [0, 0.1) is 17.8 Å². The Balaban J connectivity index is 5.21. The molecule has 0 heterocycles. The van der Waals surface area contributed by atoms with E-state index in [9.17, 15) is 43.2 Å². The average molecular weight is 1480 g/mol. The fraction of sp³-hybridized carbons (Fsp3) is 0.951. The molecule has 0 aliphatic heterocycles. The number of hydrogen-bond acceptors (Lipinski definition) is 15. The van der Waals surface area contributed by atoms with Gasteiger partial charge in [-0.1, -0.05) is 376 Å². The van der Waals surface area contributed by atoms with E-state index in [0.717, 1.165) is 108 Å². The number of phosphoric ester groups is 2. The fourth-order valence-corrected chi connectivity index (χ4v) is 14.2. The van der Waals surface area contributed by atoms with Gasteiger partial charge in [0.1, 0.15) is 19.3 Å². The van der Waals surface area contributed by atoms with Crippen molar-refractivity contribution in [3.63, 3.8) is 0 Å². The minimum atomic E-state index is -4.96. The van der Waals surface area contributed by atoms with E-state index >= 15 is 0 Å². The van der Waals surface area contributed by atoms with Crippen LogP contribution >= 0.6 is 15.6 Å². The van der Waals surface area contributed by atoms with E-state index in [1.54, 1.807) is 0 Å². The van der Waals surface area contributed by atoms with Gasteiger partial charge in [0.15, 0.2) is 12.2 Å². The number of hydrogen-bond donors (Lipinski definition) is 3. The van der Waals surface area contributed by atoms with E-state index in [1.165, 1.54) is 231 Å². The number of rotatable bonds is 80. The lowest BCUT2D eigenvalue weighted by Crippen LogP contribution is -2.30. The summed E-state index contributed by atoms with van der Waals surface area (Å²) in [6.45, 7) is 11.9.